The first-order valence-electron chi connectivity index (χ1n) is 4.98. The molecular formula is C12H12N2O2. The van der Waals surface area contributed by atoms with E-state index in [1.54, 1.807) is 13.2 Å². The maximum Gasteiger partial charge on any atom is 0.257 e. The molecule has 0 unspecified atom stereocenters. The predicted molar refractivity (Wildman–Crippen MR) is 61.3 cm³/mol. The number of aromatic nitrogens is 1. The number of likely N-dealkylation sites (N-methyl/N-ethyl adjacent to an activating group) is 1. The summed E-state index contributed by atoms with van der Waals surface area (Å²) in [6, 6.07) is 9.35. The third-order valence-electron chi connectivity index (χ3n) is 2.24. The van der Waals surface area contributed by atoms with Crippen molar-refractivity contribution in [2.75, 3.05) is 13.7 Å². The molecule has 0 radical (unpaired) electrons. The third-order valence-corrected chi connectivity index (χ3v) is 2.24. The van der Waals surface area contributed by atoms with Crippen molar-refractivity contribution >= 4 is 16.8 Å². The van der Waals surface area contributed by atoms with Crippen LogP contribution < -0.4 is 10.1 Å². The maximum absolute atomic E-state index is 11.1. The van der Waals surface area contributed by atoms with Crippen LogP contribution in [0.25, 0.3) is 10.9 Å². The number of pyridine rings is 1. The monoisotopic (exact) mass is 216 g/mol. The summed E-state index contributed by atoms with van der Waals surface area (Å²) in [4.78, 5) is 15.3. The van der Waals surface area contributed by atoms with Gasteiger partial charge in [0.1, 0.15) is 5.75 Å². The fraction of sp³-hybridized carbons (Fsp3) is 0.167. The number of ether oxygens (including phenoxy) is 1. The quantitative estimate of drug-likeness (QED) is 0.842. The van der Waals surface area contributed by atoms with Gasteiger partial charge in [-0.1, -0.05) is 6.07 Å². The van der Waals surface area contributed by atoms with Gasteiger partial charge in [0.15, 0.2) is 6.61 Å². The average Bonchev–Trinajstić information content (AvgIpc) is 2.35. The lowest BCUT2D eigenvalue weighted by atomic mass is 10.2. The Kier molecular flexibility index (Phi) is 3.00. The minimum atomic E-state index is -0.152. The Morgan fingerprint density at radius 2 is 2.25 bits per heavy atom. The highest BCUT2D eigenvalue weighted by molar-refractivity contribution is 5.85. The number of nitrogens with one attached hydrogen (secondary N) is 1. The van der Waals surface area contributed by atoms with Crippen molar-refractivity contribution in [3.8, 4) is 5.75 Å². The second-order valence-electron chi connectivity index (χ2n) is 3.29. The van der Waals surface area contributed by atoms with E-state index in [2.05, 4.69) is 10.3 Å². The molecule has 0 saturated heterocycles. The lowest BCUT2D eigenvalue weighted by Crippen LogP contribution is -2.24. The van der Waals surface area contributed by atoms with Crippen molar-refractivity contribution in [1.82, 2.24) is 10.3 Å². The average molecular weight is 216 g/mol. The van der Waals surface area contributed by atoms with Gasteiger partial charge in [-0.25, -0.2) is 0 Å². The van der Waals surface area contributed by atoms with Crippen LogP contribution in [0.1, 0.15) is 0 Å². The molecule has 1 N–H and O–H groups in total. The minimum Gasteiger partial charge on any atom is -0.483 e. The summed E-state index contributed by atoms with van der Waals surface area (Å²) in [6.07, 6.45) is 1.73. The number of amides is 1. The van der Waals surface area contributed by atoms with E-state index in [-0.39, 0.29) is 12.5 Å². The molecular weight excluding hydrogens is 204 g/mol. The van der Waals surface area contributed by atoms with Crippen molar-refractivity contribution < 1.29 is 9.53 Å². The number of nitrogens with zero attached hydrogens (tertiary/aromatic N) is 1. The number of benzene rings is 1. The molecule has 4 heteroatoms. The van der Waals surface area contributed by atoms with Crippen molar-refractivity contribution in [3.05, 3.63) is 36.5 Å². The highest BCUT2D eigenvalue weighted by Gasteiger charge is 2.04. The van der Waals surface area contributed by atoms with Crippen LogP contribution in [0.4, 0.5) is 0 Å². The smallest absolute Gasteiger partial charge is 0.257 e. The van der Waals surface area contributed by atoms with Crippen molar-refractivity contribution in [1.29, 1.82) is 0 Å². The largest absolute Gasteiger partial charge is 0.483 e. The zero-order valence-corrected chi connectivity index (χ0v) is 8.93. The van der Waals surface area contributed by atoms with Gasteiger partial charge in [0, 0.05) is 18.6 Å². The molecule has 1 aromatic carbocycles. The molecule has 0 aliphatic carbocycles. The number of hydrogen-bond acceptors (Lipinski definition) is 3. The lowest BCUT2D eigenvalue weighted by Gasteiger charge is -2.07. The fourth-order valence-electron chi connectivity index (χ4n) is 1.42. The molecule has 1 amide bonds. The number of carbonyl (C=O) groups excluding carboxylic acids is 1. The maximum atomic E-state index is 11.1. The predicted octanol–water partition coefficient (Wildman–Crippen LogP) is 1.36. The van der Waals surface area contributed by atoms with Gasteiger partial charge in [-0.3, -0.25) is 9.78 Å². The Bertz CT molecular complexity index is 506. The first-order valence-corrected chi connectivity index (χ1v) is 4.98. The molecule has 1 heterocycles. The number of carbonyl (C=O) groups is 1. The van der Waals surface area contributed by atoms with Gasteiger partial charge in [-0.05, 0) is 24.3 Å². The van der Waals surface area contributed by atoms with E-state index in [0.29, 0.717) is 5.75 Å². The molecule has 0 aliphatic heterocycles. The Balaban J connectivity index is 2.27. The van der Waals surface area contributed by atoms with E-state index < -0.39 is 0 Å². The standard InChI is InChI=1S/C12H12N2O2/c1-13-12(15)8-16-11-6-2-5-10-9(11)4-3-7-14-10/h2-7H,8H2,1H3,(H,13,15). The van der Waals surface area contributed by atoms with E-state index >= 15 is 0 Å². The Labute approximate surface area is 93.3 Å². The molecule has 0 spiro atoms. The Hall–Kier alpha value is -2.10. The van der Waals surface area contributed by atoms with Crippen LogP contribution in [-0.4, -0.2) is 24.5 Å². The molecule has 82 valence electrons. The zero-order valence-electron chi connectivity index (χ0n) is 8.93. The normalized spacial score (nSPS) is 10.1. The van der Waals surface area contributed by atoms with Gasteiger partial charge in [0.25, 0.3) is 5.91 Å². The van der Waals surface area contributed by atoms with Crippen LogP contribution >= 0.6 is 0 Å². The minimum absolute atomic E-state index is 0.0184. The number of rotatable bonds is 3. The summed E-state index contributed by atoms with van der Waals surface area (Å²) in [7, 11) is 1.58. The molecule has 16 heavy (non-hydrogen) atoms. The van der Waals surface area contributed by atoms with Gasteiger partial charge in [-0.15, -0.1) is 0 Å². The van der Waals surface area contributed by atoms with E-state index in [0.717, 1.165) is 10.9 Å². The van der Waals surface area contributed by atoms with Crippen LogP contribution in [0.5, 0.6) is 5.75 Å². The van der Waals surface area contributed by atoms with Crippen molar-refractivity contribution in [2.45, 2.75) is 0 Å². The Morgan fingerprint density at radius 1 is 1.38 bits per heavy atom. The summed E-state index contributed by atoms with van der Waals surface area (Å²) in [5, 5.41) is 3.41. The van der Waals surface area contributed by atoms with E-state index in [4.69, 9.17) is 4.74 Å². The summed E-state index contributed by atoms with van der Waals surface area (Å²) in [5.74, 6) is 0.523. The van der Waals surface area contributed by atoms with Crippen LogP contribution in [0.3, 0.4) is 0 Å². The van der Waals surface area contributed by atoms with Crippen LogP contribution in [0, 0.1) is 0 Å². The lowest BCUT2D eigenvalue weighted by molar-refractivity contribution is -0.122. The zero-order chi connectivity index (χ0) is 11.4. The first-order chi connectivity index (χ1) is 7.81. The van der Waals surface area contributed by atoms with Crippen LogP contribution in [0.2, 0.25) is 0 Å². The van der Waals surface area contributed by atoms with Gasteiger partial charge in [-0.2, -0.15) is 0 Å². The van der Waals surface area contributed by atoms with Gasteiger partial charge in [0.2, 0.25) is 0 Å². The van der Waals surface area contributed by atoms with E-state index in [1.807, 2.05) is 30.3 Å². The fourth-order valence-corrected chi connectivity index (χ4v) is 1.42. The van der Waals surface area contributed by atoms with E-state index in [9.17, 15) is 4.79 Å². The summed E-state index contributed by atoms with van der Waals surface area (Å²) < 4.78 is 5.42. The molecule has 0 bridgehead atoms. The van der Waals surface area contributed by atoms with Crippen molar-refractivity contribution in [3.63, 3.8) is 0 Å². The van der Waals surface area contributed by atoms with Gasteiger partial charge < -0.3 is 10.1 Å². The molecule has 4 nitrogen and oxygen atoms in total. The Morgan fingerprint density at radius 3 is 3.06 bits per heavy atom. The molecule has 2 rings (SSSR count). The first kappa shape index (κ1) is 10.4. The summed E-state index contributed by atoms with van der Waals surface area (Å²) >= 11 is 0. The second-order valence-corrected chi connectivity index (χ2v) is 3.29. The van der Waals surface area contributed by atoms with Crippen LogP contribution in [-0.2, 0) is 4.79 Å². The SMILES string of the molecule is CNC(=O)COc1cccc2ncccc12. The van der Waals surface area contributed by atoms with Crippen LogP contribution in [0.15, 0.2) is 36.5 Å². The number of fused-ring (bicyclic) bond motifs is 1. The van der Waals surface area contributed by atoms with E-state index in [1.165, 1.54) is 0 Å². The topological polar surface area (TPSA) is 51.2 Å². The molecule has 1 aromatic heterocycles. The summed E-state index contributed by atoms with van der Waals surface area (Å²) in [5.41, 5.74) is 0.858. The molecule has 2 aromatic rings. The third kappa shape index (κ3) is 2.11. The van der Waals surface area contributed by atoms with Gasteiger partial charge in [0.05, 0.1) is 5.52 Å². The number of hydrogen-bond donors (Lipinski definition) is 1. The molecule has 0 fully saturated rings. The molecule has 0 aliphatic rings. The summed E-state index contributed by atoms with van der Waals surface area (Å²) in [6.45, 7) is 0.0184. The molecule has 0 atom stereocenters. The van der Waals surface area contributed by atoms with Gasteiger partial charge >= 0.3 is 0 Å². The highest BCUT2D eigenvalue weighted by atomic mass is 16.5. The molecule has 0 saturated carbocycles. The van der Waals surface area contributed by atoms with Crippen molar-refractivity contribution in [2.24, 2.45) is 0 Å². The highest BCUT2D eigenvalue weighted by Crippen LogP contribution is 2.23. The second kappa shape index (κ2) is 4.61.